The molecule has 0 aromatic carbocycles. The number of ether oxygens (including phenoxy) is 1. The fraction of sp³-hybridized carbons (Fsp3) is 0.929. The van der Waals surface area contributed by atoms with Crippen molar-refractivity contribution in [3.8, 4) is 0 Å². The number of rotatable bonds is 3. The highest BCUT2D eigenvalue weighted by molar-refractivity contribution is 9.09. The molecule has 0 aromatic rings. The van der Waals surface area contributed by atoms with E-state index < -0.39 is 0 Å². The average Bonchev–Trinajstić information content (AvgIpc) is 2.79. The third-order valence-corrected chi connectivity index (χ3v) is 5.66. The van der Waals surface area contributed by atoms with Gasteiger partial charge in [-0.1, -0.05) is 22.9 Å². The molecule has 0 radical (unpaired) electrons. The number of hydrogen-bond acceptors (Lipinski definition) is 2. The maximum absolute atomic E-state index is 12.4. The Morgan fingerprint density at radius 1 is 1.33 bits per heavy atom. The van der Waals surface area contributed by atoms with Crippen molar-refractivity contribution in [3.05, 3.63) is 0 Å². The van der Waals surface area contributed by atoms with E-state index >= 15 is 0 Å². The van der Waals surface area contributed by atoms with Gasteiger partial charge in [0, 0.05) is 17.5 Å². The molecule has 2 atom stereocenters. The van der Waals surface area contributed by atoms with Crippen LogP contribution in [-0.4, -0.2) is 29.5 Å². The molecule has 0 spiro atoms. The molecule has 2 fully saturated rings. The van der Waals surface area contributed by atoms with Gasteiger partial charge < -0.3 is 10.1 Å². The van der Waals surface area contributed by atoms with Gasteiger partial charge >= 0.3 is 0 Å². The van der Waals surface area contributed by atoms with Gasteiger partial charge in [0.15, 0.2) is 0 Å². The molecule has 104 valence electrons. The van der Waals surface area contributed by atoms with Crippen LogP contribution in [0.1, 0.15) is 46.0 Å². The van der Waals surface area contributed by atoms with Gasteiger partial charge in [-0.2, -0.15) is 0 Å². The Labute approximate surface area is 118 Å². The number of nitrogens with one attached hydrogen (secondary N) is 1. The van der Waals surface area contributed by atoms with E-state index in [2.05, 4.69) is 28.2 Å². The van der Waals surface area contributed by atoms with Crippen LogP contribution in [0.25, 0.3) is 0 Å². The summed E-state index contributed by atoms with van der Waals surface area (Å²) in [6, 6.07) is 0. The van der Waals surface area contributed by atoms with Crippen molar-refractivity contribution < 1.29 is 9.53 Å². The summed E-state index contributed by atoms with van der Waals surface area (Å²) in [7, 11) is 0. The quantitative estimate of drug-likeness (QED) is 0.813. The Morgan fingerprint density at radius 2 is 2.00 bits per heavy atom. The zero-order chi connectivity index (χ0) is 13.2. The number of carbonyl (C=O) groups is 1. The molecule has 0 bridgehead atoms. The van der Waals surface area contributed by atoms with Crippen LogP contribution < -0.4 is 5.32 Å². The lowest BCUT2D eigenvalue weighted by atomic mass is 9.78. The van der Waals surface area contributed by atoms with Crippen LogP contribution in [0.2, 0.25) is 0 Å². The van der Waals surface area contributed by atoms with E-state index in [4.69, 9.17) is 4.74 Å². The molecule has 2 rings (SSSR count). The minimum absolute atomic E-state index is 0.0219. The minimum atomic E-state index is -0.0219. The number of carbonyl (C=O) groups excluding carboxylic acids is 1. The molecule has 2 unspecified atom stereocenters. The first-order valence-corrected chi connectivity index (χ1v) is 8.18. The first kappa shape index (κ1) is 14.3. The van der Waals surface area contributed by atoms with Crippen LogP contribution in [0.3, 0.4) is 0 Å². The summed E-state index contributed by atoms with van der Waals surface area (Å²) in [5.41, 5.74) is -0.0219. The summed E-state index contributed by atoms with van der Waals surface area (Å²) in [5, 5.41) is 4.17. The largest absolute Gasteiger partial charge is 0.378 e. The van der Waals surface area contributed by atoms with Crippen molar-refractivity contribution in [3.63, 3.8) is 0 Å². The predicted molar refractivity (Wildman–Crippen MR) is 75.8 cm³/mol. The summed E-state index contributed by atoms with van der Waals surface area (Å²) in [6.45, 7) is 5.02. The second-order valence-corrected chi connectivity index (χ2v) is 6.62. The van der Waals surface area contributed by atoms with Crippen molar-refractivity contribution >= 4 is 21.8 Å². The average molecular weight is 318 g/mol. The van der Waals surface area contributed by atoms with Crippen LogP contribution in [-0.2, 0) is 9.53 Å². The summed E-state index contributed by atoms with van der Waals surface area (Å²) >= 11 is 3.59. The van der Waals surface area contributed by atoms with Gasteiger partial charge in [-0.05, 0) is 44.9 Å². The second-order valence-electron chi connectivity index (χ2n) is 6.06. The number of halogens is 1. The fourth-order valence-corrected chi connectivity index (χ4v) is 3.74. The maximum Gasteiger partial charge on any atom is 0.226 e. The van der Waals surface area contributed by atoms with Crippen LogP contribution in [0, 0.1) is 11.8 Å². The van der Waals surface area contributed by atoms with E-state index in [1.165, 1.54) is 12.8 Å². The molecule has 1 amide bonds. The van der Waals surface area contributed by atoms with Crippen molar-refractivity contribution in [2.24, 2.45) is 11.8 Å². The lowest BCUT2D eigenvalue weighted by Crippen LogP contribution is -2.54. The molecule has 18 heavy (non-hydrogen) atoms. The standard InChI is InChI=1S/C14H24BrNO2/c1-10-3-6-14(9-15,7-4-10)16-13(17)12-5-8-18-11(12)2/h10-12H,3-9H2,1-2H3,(H,16,17). The third-order valence-electron chi connectivity index (χ3n) is 4.59. The lowest BCUT2D eigenvalue weighted by molar-refractivity contribution is -0.128. The predicted octanol–water partition coefficient (Wildman–Crippen LogP) is 2.87. The van der Waals surface area contributed by atoms with Crippen LogP contribution in [0.5, 0.6) is 0 Å². The fourth-order valence-electron chi connectivity index (χ4n) is 3.04. The number of amides is 1. The van der Waals surface area contributed by atoms with Crippen molar-refractivity contribution in [2.75, 3.05) is 11.9 Å². The summed E-state index contributed by atoms with van der Waals surface area (Å²) < 4.78 is 5.49. The normalized spacial score (nSPS) is 40.7. The van der Waals surface area contributed by atoms with Crippen LogP contribution in [0.4, 0.5) is 0 Å². The zero-order valence-corrected chi connectivity index (χ0v) is 13.0. The molecule has 2 aliphatic rings. The monoisotopic (exact) mass is 317 g/mol. The third kappa shape index (κ3) is 3.08. The van der Waals surface area contributed by atoms with Crippen molar-refractivity contribution in [2.45, 2.75) is 57.6 Å². The van der Waals surface area contributed by atoms with Gasteiger partial charge in [-0.3, -0.25) is 4.79 Å². The zero-order valence-electron chi connectivity index (χ0n) is 11.4. The Morgan fingerprint density at radius 3 is 2.50 bits per heavy atom. The second kappa shape index (κ2) is 5.91. The van der Waals surface area contributed by atoms with E-state index in [1.807, 2.05) is 6.92 Å². The van der Waals surface area contributed by atoms with Gasteiger partial charge in [0.2, 0.25) is 5.91 Å². The lowest BCUT2D eigenvalue weighted by Gasteiger charge is -2.39. The van der Waals surface area contributed by atoms with Gasteiger partial charge in [0.1, 0.15) is 0 Å². The van der Waals surface area contributed by atoms with Gasteiger partial charge in [-0.25, -0.2) is 0 Å². The molecule has 1 N–H and O–H groups in total. The molecule has 1 saturated carbocycles. The minimum Gasteiger partial charge on any atom is -0.378 e. The number of hydrogen-bond donors (Lipinski definition) is 1. The summed E-state index contributed by atoms with van der Waals surface area (Å²) in [4.78, 5) is 12.4. The van der Waals surface area contributed by atoms with E-state index in [-0.39, 0.29) is 23.5 Å². The maximum atomic E-state index is 12.4. The van der Waals surface area contributed by atoms with Gasteiger partial charge in [0.05, 0.1) is 12.0 Å². The SMILES string of the molecule is CC1CCC(CBr)(NC(=O)C2CCOC2C)CC1. The van der Waals surface area contributed by atoms with E-state index in [0.717, 1.165) is 37.1 Å². The molecule has 1 aliphatic carbocycles. The summed E-state index contributed by atoms with van der Waals surface area (Å²) in [6.07, 6.45) is 5.53. The molecular weight excluding hydrogens is 294 g/mol. The van der Waals surface area contributed by atoms with Gasteiger partial charge in [-0.15, -0.1) is 0 Å². The van der Waals surface area contributed by atoms with Crippen LogP contribution in [0.15, 0.2) is 0 Å². The first-order valence-electron chi connectivity index (χ1n) is 7.06. The highest BCUT2D eigenvalue weighted by Crippen LogP contribution is 2.34. The van der Waals surface area contributed by atoms with E-state index in [9.17, 15) is 4.79 Å². The highest BCUT2D eigenvalue weighted by Gasteiger charge is 2.38. The topological polar surface area (TPSA) is 38.3 Å². The van der Waals surface area contributed by atoms with Crippen molar-refractivity contribution in [1.82, 2.24) is 5.32 Å². The molecule has 3 nitrogen and oxygen atoms in total. The Hall–Kier alpha value is -0.0900. The molecule has 4 heteroatoms. The Bertz CT molecular complexity index is 300. The first-order chi connectivity index (χ1) is 8.56. The molecule has 0 aromatic heterocycles. The highest BCUT2D eigenvalue weighted by atomic mass is 79.9. The Kier molecular flexibility index (Phi) is 4.70. The molecule has 1 heterocycles. The van der Waals surface area contributed by atoms with Gasteiger partial charge in [0.25, 0.3) is 0 Å². The van der Waals surface area contributed by atoms with Crippen LogP contribution >= 0.6 is 15.9 Å². The number of alkyl halides is 1. The summed E-state index contributed by atoms with van der Waals surface area (Å²) in [5.74, 6) is 1.03. The van der Waals surface area contributed by atoms with Crippen molar-refractivity contribution in [1.29, 1.82) is 0 Å². The molecular formula is C14H24BrNO2. The molecule has 1 aliphatic heterocycles. The van der Waals surface area contributed by atoms with E-state index in [1.54, 1.807) is 0 Å². The van der Waals surface area contributed by atoms with E-state index in [0.29, 0.717) is 0 Å². The molecule has 1 saturated heterocycles. The smallest absolute Gasteiger partial charge is 0.226 e. The Balaban J connectivity index is 1.95.